The predicted octanol–water partition coefficient (Wildman–Crippen LogP) is 1.03. The van der Waals surface area contributed by atoms with Gasteiger partial charge in [0.25, 0.3) is 5.56 Å². The fraction of sp³-hybridized carbons (Fsp3) is 0.429. The number of anilines is 1. The fourth-order valence-electron chi connectivity index (χ4n) is 1.91. The SMILES string of the molecule is COCCCOCCn1cnc2ccc(N)cc2c1=O. The van der Waals surface area contributed by atoms with Crippen LogP contribution in [0.25, 0.3) is 10.9 Å². The third kappa shape index (κ3) is 3.55. The molecular formula is C14H19N3O3. The van der Waals surface area contributed by atoms with E-state index in [1.165, 1.54) is 4.57 Å². The number of aromatic nitrogens is 2. The van der Waals surface area contributed by atoms with Gasteiger partial charge in [-0.2, -0.15) is 0 Å². The molecule has 1 aromatic carbocycles. The van der Waals surface area contributed by atoms with Crippen LogP contribution in [0.2, 0.25) is 0 Å². The molecule has 0 aliphatic rings. The van der Waals surface area contributed by atoms with Crippen LogP contribution < -0.4 is 11.3 Å². The Balaban J connectivity index is 2.00. The maximum atomic E-state index is 12.2. The lowest BCUT2D eigenvalue weighted by Crippen LogP contribution is -2.23. The number of hydrogen-bond acceptors (Lipinski definition) is 5. The molecule has 20 heavy (non-hydrogen) atoms. The Kier molecular flexibility index (Phi) is 5.09. The van der Waals surface area contributed by atoms with Crippen LogP contribution in [0.15, 0.2) is 29.3 Å². The third-order valence-corrected chi connectivity index (χ3v) is 2.96. The fourth-order valence-corrected chi connectivity index (χ4v) is 1.91. The molecular weight excluding hydrogens is 258 g/mol. The highest BCUT2D eigenvalue weighted by Crippen LogP contribution is 2.10. The van der Waals surface area contributed by atoms with Gasteiger partial charge in [-0.15, -0.1) is 0 Å². The quantitative estimate of drug-likeness (QED) is 0.604. The lowest BCUT2D eigenvalue weighted by molar-refractivity contribution is 0.0972. The van der Waals surface area contributed by atoms with Gasteiger partial charge < -0.3 is 15.2 Å². The molecule has 0 aliphatic carbocycles. The van der Waals surface area contributed by atoms with Crippen molar-refractivity contribution in [1.82, 2.24) is 9.55 Å². The number of hydrogen-bond donors (Lipinski definition) is 1. The first-order chi connectivity index (χ1) is 9.72. The number of fused-ring (bicyclic) bond motifs is 1. The molecule has 0 radical (unpaired) electrons. The predicted molar refractivity (Wildman–Crippen MR) is 77.7 cm³/mol. The monoisotopic (exact) mass is 277 g/mol. The molecule has 2 rings (SSSR count). The molecule has 6 heteroatoms. The van der Waals surface area contributed by atoms with E-state index in [0.29, 0.717) is 43.0 Å². The van der Waals surface area contributed by atoms with E-state index in [9.17, 15) is 4.79 Å². The van der Waals surface area contributed by atoms with E-state index in [2.05, 4.69) is 4.98 Å². The summed E-state index contributed by atoms with van der Waals surface area (Å²) < 4.78 is 11.9. The van der Waals surface area contributed by atoms with Gasteiger partial charge in [0.1, 0.15) is 0 Å². The molecule has 1 aromatic heterocycles. The number of benzene rings is 1. The van der Waals surface area contributed by atoms with Crippen molar-refractivity contribution in [2.75, 3.05) is 32.7 Å². The van der Waals surface area contributed by atoms with Crippen molar-refractivity contribution >= 4 is 16.6 Å². The molecule has 2 N–H and O–H groups in total. The highest BCUT2D eigenvalue weighted by molar-refractivity contribution is 5.80. The Morgan fingerprint density at radius 2 is 2.15 bits per heavy atom. The summed E-state index contributed by atoms with van der Waals surface area (Å²) in [5.74, 6) is 0. The van der Waals surface area contributed by atoms with E-state index in [1.807, 2.05) is 0 Å². The van der Waals surface area contributed by atoms with Crippen LogP contribution in [-0.2, 0) is 16.0 Å². The molecule has 0 spiro atoms. The standard InChI is InChI=1S/C14H19N3O3/c1-19-6-2-7-20-8-5-17-10-16-13-4-3-11(15)9-12(13)14(17)18/h3-4,9-10H,2,5-8,15H2,1H3. The van der Waals surface area contributed by atoms with E-state index >= 15 is 0 Å². The summed E-state index contributed by atoms with van der Waals surface area (Å²) >= 11 is 0. The van der Waals surface area contributed by atoms with Crippen molar-refractivity contribution in [2.24, 2.45) is 0 Å². The smallest absolute Gasteiger partial charge is 0.261 e. The van der Waals surface area contributed by atoms with Gasteiger partial charge >= 0.3 is 0 Å². The van der Waals surface area contributed by atoms with E-state index in [-0.39, 0.29) is 5.56 Å². The van der Waals surface area contributed by atoms with Gasteiger partial charge in [0.2, 0.25) is 0 Å². The second-order valence-corrected chi connectivity index (χ2v) is 4.48. The second-order valence-electron chi connectivity index (χ2n) is 4.48. The molecule has 0 unspecified atom stereocenters. The average molecular weight is 277 g/mol. The minimum atomic E-state index is -0.0946. The summed E-state index contributed by atoms with van der Waals surface area (Å²) in [5.41, 5.74) is 6.82. The minimum Gasteiger partial charge on any atom is -0.399 e. The van der Waals surface area contributed by atoms with Crippen molar-refractivity contribution in [1.29, 1.82) is 0 Å². The molecule has 0 saturated heterocycles. The molecule has 0 amide bonds. The summed E-state index contributed by atoms with van der Waals surface area (Å²) in [6.07, 6.45) is 2.39. The second kappa shape index (κ2) is 7.02. The summed E-state index contributed by atoms with van der Waals surface area (Å²) in [6, 6.07) is 5.14. The highest BCUT2D eigenvalue weighted by Gasteiger charge is 2.04. The maximum Gasteiger partial charge on any atom is 0.261 e. The first-order valence-electron chi connectivity index (χ1n) is 6.53. The Morgan fingerprint density at radius 1 is 1.30 bits per heavy atom. The molecule has 0 aliphatic heterocycles. The van der Waals surface area contributed by atoms with Crippen LogP contribution in [0.1, 0.15) is 6.42 Å². The zero-order chi connectivity index (χ0) is 14.4. The zero-order valence-electron chi connectivity index (χ0n) is 11.5. The Labute approximate surface area is 117 Å². The summed E-state index contributed by atoms with van der Waals surface area (Å²) in [7, 11) is 1.66. The van der Waals surface area contributed by atoms with Crippen LogP contribution in [0, 0.1) is 0 Å². The number of ether oxygens (including phenoxy) is 2. The Bertz CT molecular complexity index is 625. The van der Waals surface area contributed by atoms with Crippen LogP contribution in [0.4, 0.5) is 5.69 Å². The summed E-state index contributed by atoms with van der Waals surface area (Å²) in [6.45, 7) is 2.25. The molecule has 0 fully saturated rings. The normalized spacial score (nSPS) is 11.1. The number of methoxy groups -OCH3 is 1. The van der Waals surface area contributed by atoms with E-state index in [4.69, 9.17) is 15.2 Å². The molecule has 6 nitrogen and oxygen atoms in total. The third-order valence-electron chi connectivity index (χ3n) is 2.96. The molecule has 2 aromatic rings. The maximum absolute atomic E-state index is 12.2. The Morgan fingerprint density at radius 3 is 2.95 bits per heavy atom. The van der Waals surface area contributed by atoms with Crippen LogP contribution in [0.3, 0.4) is 0 Å². The van der Waals surface area contributed by atoms with Gasteiger partial charge in [-0.3, -0.25) is 9.36 Å². The van der Waals surface area contributed by atoms with E-state index in [0.717, 1.165) is 6.42 Å². The number of rotatable bonds is 7. The van der Waals surface area contributed by atoms with Gasteiger partial charge in [0.15, 0.2) is 0 Å². The zero-order valence-corrected chi connectivity index (χ0v) is 11.5. The van der Waals surface area contributed by atoms with Gasteiger partial charge in [-0.05, 0) is 24.6 Å². The number of nitrogens with two attached hydrogens (primary N) is 1. The molecule has 0 atom stereocenters. The molecule has 1 heterocycles. The van der Waals surface area contributed by atoms with Crippen molar-refractivity contribution in [2.45, 2.75) is 13.0 Å². The van der Waals surface area contributed by atoms with Crippen LogP contribution >= 0.6 is 0 Å². The summed E-state index contributed by atoms with van der Waals surface area (Å²) in [4.78, 5) is 16.5. The van der Waals surface area contributed by atoms with Gasteiger partial charge in [-0.25, -0.2) is 4.98 Å². The van der Waals surface area contributed by atoms with E-state index in [1.54, 1.807) is 31.6 Å². The van der Waals surface area contributed by atoms with Gasteiger partial charge in [0, 0.05) is 26.0 Å². The number of nitrogen functional groups attached to an aromatic ring is 1. The first kappa shape index (κ1) is 14.5. The van der Waals surface area contributed by atoms with Gasteiger partial charge in [0.05, 0.1) is 30.4 Å². The van der Waals surface area contributed by atoms with Gasteiger partial charge in [-0.1, -0.05) is 0 Å². The van der Waals surface area contributed by atoms with Crippen molar-refractivity contribution in [3.63, 3.8) is 0 Å². The summed E-state index contributed by atoms with van der Waals surface area (Å²) in [5, 5.41) is 0.534. The number of nitrogens with zero attached hydrogens (tertiary/aromatic N) is 2. The van der Waals surface area contributed by atoms with E-state index < -0.39 is 0 Å². The van der Waals surface area contributed by atoms with Crippen molar-refractivity contribution < 1.29 is 9.47 Å². The topological polar surface area (TPSA) is 79.4 Å². The van der Waals surface area contributed by atoms with Crippen molar-refractivity contribution in [3.8, 4) is 0 Å². The highest BCUT2D eigenvalue weighted by atomic mass is 16.5. The molecule has 0 bridgehead atoms. The molecule has 108 valence electrons. The minimum absolute atomic E-state index is 0.0946. The van der Waals surface area contributed by atoms with Crippen LogP contribution in [0.5, 0.6) is 0 Å². The lowest BCUT2D eigenvalue weighted by atomic mass is 10.2. The lowest BCUT2D eigenvalue weighted by Gasteiger charge is -2.07. The molecule has 0 saturated carbocycles. The average Bonchev–Trinajstić information content (AvgIpc) is 2.45. The first-order valence-corrected chi connectivity index (χ1v) is 6.53. The van der Waals surface area contributed by atoms with Crippen LogP contribution in [-0.4, -0.2) is 36.5 Å². The largest absolute Gasteiger partial charge is 0.399 e. The van der Waals surface area contributed by atoms with Crippen molar-refractivity contribution in [3.05, 3.63) is 34.9 Å². The Hall–Kier alpha value is -1.92.